The van der Waals surface area contributed by atoms with Crippen molar-refractivity contribution >= 4 is 33.6 Å². The van der Waals surface area contributed by atoms with Gasteiger partial charge in [-0.25, -0.2) is 9.78 Å². The molecule has 0 saturated carbocycles. The zero-order valence-electron chi connectivity index (χ0n) is 13.0. The molecular weight excluding hydrogens is 372 g/mol. The van der Waals surface area contributed by atoms with Gasteiger partial charge in [-0.1, -0.05) is 22.0 Å². The Morgan fingerprint density at radius 2 is 2.21 bits per heavy atom. The smallest absolute Gasteiger partial charge is 0.331 e. The van der Waals surface area contributed by atoms with Crippen molar-refractivity contribution < 1.29 is 14.3 Å². The highest BCUT2D eigenvalue weighted by Crippen LogP contribution is 2.24. The predicted molar refractivity (Wildman–Crippen MR) is 94.7 cm³/mol. The van der Waals surface area contributed by atoms with Gasteiger partial charge in [0.1, 0.15) is 18.0 Å². The van der Waals surface area contributed by atoms with Crippen molar-refractivity contribution in [2.24, 2.45) is 0 Å². The number of rotatable bonds is 5. The number of methoxy groups -OCH3 is 1. The van der Waals surface area contributed by atoms with Crippen LogP contribution in [0.3, 0.4) is 0 Å². The third kappa shape index (κ3) is 3.83. The molecule has 24 heavy (non-hydrogen) atoms. The van der Waals surface area contributed by atoms with Crippen molar-refractivity contribution in [3.63, 3.8) is 0 Å². The van der Waals surface area contributed by atoms with E-state index < -0.39 is 5.97 Å². The van der Waals surface area contributed by atoms with Crippen LogP contribution in [0, 0.1) is 0 Å². The highest BCUT2D eigenvalue weighted by molar-refractivity contribution is 9.10. The molecule has 1 aromatic carbocycles. The van der Waals surface area contributed by atoms with Gasteiger partial charge >= 0.3 is 5.97 Å². The van der Waals surface area contributed by atoms with E-state index in [0.717, 1.165) is 15.7 Å². The quantitative estimate of drug-likeness (QED) is 0.493. The third-order valence-electron chi connectivity index (χ3n) is 3.37. The third-order valence-corrected chi connectivity index (χ3v) is 3.86. The van der Waals surface area contributed by atoms with Gasteiger partial charge in [0.25, 0.3) is 0 Å². The molecule has 0 amide bonds. The van der Waals surface area contributed by atoms with Crippen LogP contribution in [0.1, 0.15) is 11.3 Å². The molecule has 6 heteroatoms. The number of ether oxygens (including phenoxy) is 2. The number of hydrogen-bond acceptors (Lipinski definition) is 4. The second-order valence-electron chi connectivity index (χ2n) is 5.03. The van der Waals surface area contributed by atoms with Gasteiger partial charge in [0.15, 0.2) is 0 Å². The number of nitrogens with zero attached hydrogens (tertiary/aromatic N) is 2. The first-order valence-corrected chi connectivity index (χ1v) is 8.06. The number of aromatic nitrogens is 2. The molecule has 3 rings (SSSR count). The number of fused-ring (bicyclic) bond motifs is 1. The molecule has 2 aromatic heterocycles. The van der Waals surface area contributed by atoms with E-state index in [-0.39, 0.29) is 6.61 Å². The van der Waals surface area contributed by atoms with Gasteiger partial charge in [0.05, 0.1) is 12.8 Å². The first-order chi connectivity index (χ1) is 11.7. The van der Waals surface area contributed by atoms with Crippen molar-refractivity contribution in [1.29, 1.82) is 0 Å². The zero-order valence-corrected chi connectivity index (χ0v) is 14.6. The fraction of sp³-hybridized carbons (Fsp3) is 0.111. The Hall–Kier alpha value is -2.60. The van der Waals surface area contributed by atoms with Crippen LogP contribution < -0.4 is 4.74 Å². The number of esters is 1. The fourth-order valence-corrected chi connectivity index (χ4v) is 2.62. The number of hydrogen-bond donors (Lipinski definition) is 0. The minimum atomic E-state index is -0.436. The normalized spacial score (nSPS) is 11.1. The minimum Gasteiger partial charge on any atom is -0.496 e. The summed E-state index contributed by atoms with van der Waals surface area (Å²) in [5.74, 6) is 0.247. The van der Waals surface area contributed by atoms with Crippen molar-refractivity contribution in [2.45, 2.75) is 6.61 Å². The molecule has 0 aliphatic rings. The summed E-state index contributed by atoms with van der Waals surface area (Å²) in [5.41, 5.74) is 2.30. The Kier molecular flexibility index (Phi) is 4.96. The van der Waals surface area contributed by atoms with E-state index in [0.29, 0.717) is 11.4 Å². The fourth-order valence-electron chi connectivity index (χ4n) is 2.24. The molecule has 0 aliphatic heterocycles. The minimum absolute atomic E-state index is 0.125. The summed E-state index contributed by atoms with van der Waals surface area (Å²) in [6.07, 6.45) is 6.77. The van der Waals surface area contributed by atoms with E-state index in [1.54, 1.807) is 13.2 Å². The monoisotopic (exact) mass is 386 g/mol. The van der Waals surface area contributed by atoms with Gasteiger partial charge < -0.3 is 13.9 Å². The van der Waals surface area contributed by atoms with Crippen LogP contribution in [0.4, 0.5) is 0 Å². The van der Waals surface area contributed by atoms with Gasteiger partial charge in [0.2, 0.25) is 0 Å². The van der Waals surface area contributed by atoms with E-state index in [1.807, 2.05) is 53.2 Å². The van der Waals surface area contributed by atoms with Gasteiger partial charge in [-0.2, -0.15) is 0 Å². The molecule has 0 radical (unpaired) electrons. The zero-order chi connectivity index (χ0) is 16.9. The summed E-state index contributed by atoms with van der Waals surface area (Å²) < 4.78 is 13.3. The second kappa shape index (κ2) is 7.31. The molecule has 0 unspecified atom stereocenters. The Morgan fingerprint density at radius 1 is 1.33 bits per heavy atom. The SMILES string of the molecule is COc1ccc(Br)cc1/C=C/C(=O)OCc1cn2ccccc2n1. The largest absolute Gasteiger partial charge is 0.496 e. The molecular formula is C18H15BrN2O3. The molecule has 0 N–H and O–H groups in total. The topological polar surface area (TPSA) is 52.8 Å². The van der Waals surface area contributed by atoms with Crippen molar-refractivity contribution in [1.82, 2.24) is 9.38 Å². The summed E-state index contributed by atoms with van der Waals surface area (Å²) in [7, 11) is 1.59. The molecule has 5 nitrogen and oxygen atoms in total. The summed E-state index contributed by atoms with van der Waals surface area (Å²) in [5, 5.41) is 0. The van der Waals surface area contributed by atoms with E-state index >= 15 is 0 Å². The van der Waals surface area contributed by atoms with E-state index in [2.05, 4.69) is 20.9 Å². The Labute approximate surface area is 147 Å². The Bertz CT molecular complexity index is 869. The molecule has 0 aliphatic carbocycles. The Morgan fingerprint density at radius 3 is 3.00 bits per heavy atom. The van der Waals surface area contributed by atoms with E-state index in [1.165, 1.54) is 6.08 Å². The lowest BCUT2D eigenvalue weighted by atomic mass is 10.2. The van der Waals surface area contributed by atoms with Crippen LogP contribution in [-0.2, 0) is 16.1 Å². The summed E-state index contributed by atoms with van der Waals surface area (Å²) >= 11 is 3.39. The predicted octanol–water partition coefficient (Wildman–Crippen LogP) is 3.86. The average Bonchev–Trinajstić information content (AvgIpc) is 3.01. The molecule has 0 saturated heterocycles. The lowest BCUT2D eigenvalue weighted by molar-refractivity contribution is -0.139. The van der Waals surface area contributed by atoms with Crippen molar-refractivity contribution in [3.8, 4) is 5.75 Å². The number of pyridine rings is 1. The van der Waals surface area contributed by atoms with Crippen molar-refractivity contribution in [3.05, 3.63) is 70.6 Å². The number of imidazole rings is 1. The van der Waals surface area contributed by atoms with Crippen molar-refractivity contribution in [2.75, 3.05) is 7.11 Å². The number of carbonyl (C=O) groups excluding carboxylic acids is 1. The van der Waals surface area contributed by atoms with E-state index in [4.69, 9.17) is 9.47 Å². The summed E-state index contributed by atoms with van der Waals surface area (Å²) in [6, 6.07) is 11.3. The highest BCUT2D eigenvalue weighted by Gasteiger charge is 2.05. The lowest BCUT2D eigenvalue weighted by Crippen LogP contribution is -2.01. The first kappa shape index (κ1) is 16.3. The summed E-state index contributed by atoms with van der Waals surface area (Å²) in [6.45, 7) is 0.125. The standard InChI is InChI=1S/C18H15BrN2O3/c1-23-16-7-6-14(19)10-13(16)5-8-18(22)24-12-15-11-21-9-3-2-4-17(21)20-15/h2-11H,12H2,1H3/b8-5+. The average molecular weight is 387 g/mol. The molecule has 0 fully saturated rings. The maximum absolute atomic E-state index is 11.9. The van der Waals surface area contributed by atoms with Gasteiger partial charge in [-0.3, -0.25) is 0 Å². The highest BCUT2D eigenvalue weighted by atomic mass is 79.9. The maximum atomic E-state index is 11.9. The Balaban J connectivity index is 1.64. The molecule has 0 spiro atoms. The van der Waals surface area contributed by atoms with Crippen LogP contribution in [0.2, 0.25) is 0 Å². The van der Waals surface area contributed by atoms with Crippen LogP contribution in [0.25, 0.3) is 11.7 Å². The van der Waals surface area contributed by atoms with Crippen LogP contribution in [0.5, 0.6) is 5.75 Å². The van der Waals surface area contributed by atoms with Gasteiger partial charge in [0, 0.05) is 28.5 Å². The second-order valence-corrected chi connectivity index (χ2v) is 5.94. The molecule has 2 heterocycles. The molecule has 0 bridgehead atoms. The number of carbonyl (C=O) groups is 1. The molecule has 122 valence electrons. The lowest BCUT2D eigenvalue weighted by Gasteiger charge is -2.04. The molecule has 3 aromatic rings. The number of halogens is 1. The first-order valence-electron chi connectivity index (χ1n) is 7.27. The van der Waals surface area contributed by atoms with Crippen LogP contribution in [-0.4, -0.2) is 22.5 Å². The summed E-state index contributed by atoms with van der Waals surface area (Å²) in [4.78, 5) is 16.3. The van der Waals surface area contributed by atoms with Gasteiger partial charge in [-0.15, -0.1) is 0 Å². The van der Waals surface area contributed by atoms with E-state index in [9.17, 15) is 4.79 Å². The maximum Gasteiger partial charge on any atom is 0.331 e. The van der Waals surface area contributed by atoms with Gasteiger partial charge in [-0.05, 0) is 36.4 Å². The van der Waals surface area contributed by atoms with Crippen LogP contribution in [0.15, 0.2) is 59.3 Å². The van der Waals surface area contributed by atoms with Crippen LogP contribution >= 0.6 is 15.9 Å². The molecule has 0 atom stereocenters. The number of benzene rings is 1.